The third-order valence-electron chi connectivity index (χ3n) is 4.87. The predicted molar refractivity (Wildman–Crippen MR) is 128 cm³/mol. The second-order valence-electron chi connectivity index (χ2n) is 7.17. The highest BCUT2D eigenvalue weighted by Crippen LogP contribution is 2.35. The van der Waals surface area contributed by atoms with Gasteiger partial charge in [-0.15, -0.1) is 0 Å². The molecule has 0 spiro atoms. The van der Waals surface area contributed by atoms with Crippen LogP contribution in [0.5, 0.6) is 0 Å². The largest absolute Gasteiger partial charge is 0.450 e. The Labute approximate surface area is 199 Å². The second-order valence-corrected chi connectivity index (χ2v) is 9.14. The molecule has 4 amide bonds. The van der Waals surface area contributed by atoms with Gasteiger partial charge in [0.05, 0.1) is 15.9 Å². The Morgan fingerprint density at radius 3 is 2.82 bits per heavy atom. The van der Waals surface area contributed by atoms with Gasteiger partial charge in [0.2, 0.25) is 0 Å². The average Bonchev–Trinajstić information content (AvgIpc) is 3.44. The number of fused-ring (bicyclic) bond motifs is 1. The lowest BCUT2D eigenvalue weighted by molar-refractivity contribution is -0.122. The number of amides is 4. The van der Waals surface area contributed by atoms with E-state index in [0.29, 0.717) is 35.3 Å². The zero-order valence-electron chi connectivity index (χ0n) is 18.2. The van der Waals surface area contributed by atoms with Crippen molar-refractivity contribution in [3.8, 4) is 0 Å². The monoisotopic (exact) mass is 485 g/mol. The SMILES string of the molecule is CCNC(=O)NCCCN1C(=O)SC(=Cc2ccc(Sc3nc4ccccc4n3C)o2)C1=O. The first kappa shape index (κ1) is 23.0. The van der Waals surface area contributed by atoms with Gasteiger partial charge < -0.3 is 19.6 Å². The number of nitrogens with one attached hydrogen (secondary N) is 2. The molecule has 0 aliphatic carbocycles. The predicted octanol–water partition coefficient (Wildman–Crippen LogP) is 4.06. The lowest BCUT2D eigenvalue weighted by Gasteiger charge is -2.12. The first-order valence-corrected chi connectivity index (χ1v) is 12.1. The molecule has 0 atom stereocenters. The summed E-state index contributed by atoms with van der Waals surface area (Å²) in [5.41, 5.74) is 1.94. The number of rotatable bonds is 8. The highest BCUT2D eigenvalue weighted by Gasteiger charge is 2.34. The van der Waals surface area contributed by atoms with Gasteiger partial charge in [-0.2, -0.15) is 0 Å². The number of carbonyl (C=O) groups excluding carboxylic acids is 3. The highest BCUT2D eigenvalue weighted by atomic mass is 32.2. The minimum Gasteiger partial charge on any atom is -0.450 e. The molecule has 0 unspecified atom stereocenters. The van der Waals surface area contributed by atoms with Crippen molar-refractivity contribution in [2.24, 2.45) is 7.05 Å². The molecule has 9 nitrogen and oxygen atoms in total. The molecule has 3 aromatic rings. The summed E-state index contributed by atoms with van der Waals surface area (Å²) in [5, 5.41) is 6.40. The van der Waals surface area contributed by atoms with E-state index in [2.05, 4.69) is 15.6 Å². The van der Waals surface area contributed by atoms with Crippen molar-refractivity contribution < 1.29 is 18.8 Å². The van der Waals surface area contributed by atoms with E-state index in [1.54, 1.807) is 12.1 Å². The van der Waals surface area contributed by atoms with Gasteiger partial charge in [0.25, 0.3) is 11.1 Å². The Kier molecular flexibility index (Phi) is 7.09. The number of imidazole rings is 1. The van der Waals surface area contributed by atoms with Gasteiger partial charge in [0.15, 0.2) is 10.2 Å². The molecular formula is C22H23N5O4S2. The van der Waals surface area contributed by atoms with Crippen LogP contribution in [0.2, 0.25) is 0 Å². The summed E-state index contributed by atoms with van der Waals surface area (Å²) < 4.78 is 7.84. The summed E-state index contributed by atoms with van der Waals surface area (Å²) in [4.78, 5) is 42.4. The van der Waals surface area contributed by atoms with Crippen LogP contribution in [0.4, 0.5) is 9.59 Å². The van der Waals surface area contributed by atoms with E-state index in [1.807, 2.05) is 48.9 Å². The van der Waals surface area contributed by atoms with Crippen LogP contribution in [0.15, 0.2) is 56.0 Å². The van der Waals surface area contributed by atoms with Gasteiger partial charge in [0, 0.05) is 32.8 Å². The third kappa shape index (κ3) is 5.25. The van der Waals surface area contributed by atoms with E-state index in [9.17, 15) is 14.4 Å². The fraction of sp³-hybridized carbons (Fsp3) is 0.273. The van der Waals surface area contributed by atoms with Crippen molar-refractivity contribution in [3.63, 3.8) is 0 Å². The van der Waals surface area contributed by atoms with Crippen LogP contribution < -0.4 is 10.6 Å². The molecule has 1 saturated heterocycles. The molecule has 172 valence electrons. The van der Waals surface area contributed by atoms with E-state index in [-0.39, 0.29) is 23.7 Å². The standard InChI is InChI=1S/C22H23N5O4S2/c1-3-23-20(29)24-11-6-12-27-19(28)17(32-22(27)30)13-14-9-10-18(31-14)33-21-25-15-7-4-5-8-16(15)26(21)2/h4-5,7-10,13H,3,6,11-12H2,1-2H3,(H2,23,24,29). The van der Waals surface area contributed by atoms with Crippen molar-refractivity contribution in [1.82, 2.24) is 25.1 Å². The van der Waals surface area contributed by atoms with Crippen LogP contribution in [0.3, 0.4) is 0 Å². The number of hydrogen-bond donors (Lipinski definition) is 2. The Morgan fingerprint density at radius 1 is 1.21 bits per heavy atom. The van der Waals surface area contributed by atoms with Gasteiger partial charge in [0.1, 0.15) is 5.76 Å². The van der Waals surface area contributed by atoms with Crippen molar-refractivity contribution in [2.45, 2.75) is 23.6 Å². The Hall–Kier alpha value is -3.18. The minimum absolute atomic E-state index is 0.236. The zero-order chi connectivity index (χ0) is 23.4. The van der Waals surface area contributed by atoms with Gasteiger partial charge in [-0.05, 0) is 61.1 Å². The molecule has 1 aromatic carbocycles. The molecule has 2 aromatic heterocycles. The molecule has 0 saturated carbocycles. The lowest BCUT2D eigenvalue weighted by Crippen LogP contribution is -2.37. The first-order chi connectivity index (χ1) is 16.0. The minimum atomic E-state index is -0.357. The quantitative estimate of drug-likeness (QED) is 0.366. The maximum absolute atomic E-state index is 12.6. The molecule has 33 heavy (non-hydrogen) atoms. The van der Waals surface area contributed by atoms with Gasteiger partial charge in [-0.3, -0.25) is 14.5 Å². The number of urea groups is 1. The van der Waals surface area contributed by atoms with Crippen LogP contribution in [-0.4, -0.2) is 51.3 Å². The van der Waals surface area contributed by atoms with Crippen LogP contribution in [-0.2, 0) is 11.8 Å². The molecule has 1 aliphatic rings. The molecule has 1 fully saturated rings. The molecule has 2 N–H and O–H groups in total. The number of para-hydroxylation sites is 2. The maximum Gasteiger partial charge on any atom is 0.314 e. The van der Waals surface area contributed by atoms with Crippen LogP contribution in [0.1, 0.15) is 19.1 Å². The van der Waals surface area contributed by atoms with Crippen LogP contribution in [0.25, 0.3) is 17.1 Å². The van der Waals surface area contributed by atoms with Crippen molar-refractivity contribution in [3.05, 3.63) is 47.1 Å². The molecule has 1 aliphatic heterocycles. The summed E-state index contributed by atoms with van der Waals surface area (Å²) in [6, 6.07) is 11.2. The second kappa shape index (κ2) is 10.2. The number of thioether (sulfide) groups is 1. The summed E-state index contributed by atoms with van der Waals surface area (Å²) in [5.74, 6) is 0.128. The van der Waals surface area contributed by atoms with Crippen molar-refractivity contribution >= 4 is 57.8 Å². The van der Waals surface area contributed by atoms with Gasteiger partial charge in [-0.1, -0.05) is 12.1 Å². The molecule has 0 radical (unpaired) electrons. The topological polar surface area (TPSA) is 109 Å². The molecule has 4 rings (SSSR count). The fourth-order valence-electron chi connectivity index (χ4n) is 3.26. The molecular weight excluding hydrogens is 462 g/mol. The van der Waals surface area contributed by atoms with Gasteiger partial charge >= 0.3 is 6.03 Å². The zero-order valence-corrected chi connectivity index (χ0v) is 19.8. The summed E-state index contributed by atoms with van der Waals surface area (Å²) in [6.45, 7) is 2.96. The molecule has 11 heteroatoms. The highest BCUT2D eigenvalue weighted by molar-refractivity contribution is 8.18. The normalized spacial score (nSPS) is 15.1. The lowest BCUT2D eigenvalue weighted by atomic mass is 10.3. The number of furan rings is 1. The summed E-state index contributed by atoms with van der Waals surface area (Å²) in [6.07, 6.45) is 2.05. The number of aryl methyl sites for hydroxylation is 1. The molecule has 3 heterocycles. The number of benzene rings is 1. The van der Waals surface area contributed by atoms with Crippen molar-refractivity contribution in [1.29, 1.82) is 0 Å². The van der Waals surface area contributed by atoms with E-state index in [4.69, 9.17) is 4.42 Å². The Morgan fingerprint density at radius 2 is 2.03 bits per heavy atom. The van der Waals surface area contributed by atoms with Gasteiger partial charge in [-0.25, -0.2) is 9.78 Å². The summed E-state index contributed by atoms with van der Waals surface area (Å²) >= 11 is 2.27. The number of carbonyl (C=O) groups is 3. The van der Waals surface area contributed by atoms with Crippen LogP contribution in [0, 0.1) is 0 Å². The average molecular weight is 486 g/mol. The number of aromatic nitrogens is 2. The Bertz CT molecular complexity index is 1230. The van der Waals surface area contributed by atoms with E-state index in [0.717, 1.165) is 28.0 Å². The first-order valence-electron chi connectivity index (χ1n) is 10.4. The van der Waals surface area contributed by atoms with E-state index in [1.165, 1.54) is 16.7 Å². The third-order valence-corrected chi connectivity index (χ3v) is 6.74. The summed E-state index contributed by atoms with van der Waals surface area (Å²) in [7, 11) is 1.95. The van der Waals surface area contributed by atoms with Crippen LogP contribution >= 0.6 is 23.5 Å². The number of imide groups is 1. The maximum atomic E-state index is 12.6. The molecule has 0 bridgehead atoms. The number of hydrogen-bond acceptors (Lipinski definition) is 7. The smallest absolute Gasteiger partial charge is 0.314 e. The van der Waals surface area contributed by atoms with E-state index >= 15 is 0 Å². The van der Waals surface area contributed by atoms with E-state index < -0.39 is 0 Å². The Balaban J connectivity index is 1.37. The van der Waals surface area contributed by atoms with Crippen molar-refractivity contribution in [2.75, 3.05) is 19.6 Å². The fourth-order valence-corrected chi connectivity index (χ4v) is 4.93. The number of nitrogens with zero attached hydrogens (tertiary/aromatic N) is 3.